The predicted molar refractivity (Wildman–Crippen MR) is 268 cm³/mol. The highest BCUT2D eigenvalue weighted by Crippen LogP contribution is 2.64. The van der Waals surface area contributed by atoms with Gasteiger partial charge in [-0.3, -0.25) is 0 Å². The number of benzene rings is 10. The van der Waals surface area contributed by atoms with Crippen molar-refractivity contribution in [1.82, 2.24) is 0 Å². The van der Waals surface area contributed by atoms with Gasteiger partial charge in [-0.15, -0.1) is 11.3 Å². The average molecular weight is 848 g/mol. The second kappa shape index (κ2) is 13.9. The molecule has 0 bridgehead atoms. The van der Waals surface area contributed by atoms with Crippen LogP contribution in [-0.4, -0.2) is 0 Å². The number of anilines is 3. The molecule has 304 valence electrons. The Morgan fingerprint density at radius 1 is 0.338 bits per heavy atom. The molecule has 0 unspecified atom stereocenters. The van der Waals surface area contributed by atoms with E-state index in [1.54, 1.807) is 0 Å². The number of nitrogens with zero attached hydrogens (tertiary/aromatic N) is 1. The van der Waals surface area contributed by atoms with Crippen LogP contribution in [0.25, 0.3) is 64.7 Å². The Balaban J connectivity index is 0.853. The van der Waals surface area contributed by atoms with Crippen molar-refractivity contribution >= 4 is 48.6 Å². The number of fused-ring (bicyclic) bond motifs is 15. The first-order valence-electron chi connectivity index (χ1n) is 22.1. The minimum absolute atomic E-state index is 0.458. The van der Waals surface area contributed by atoms with Crippen LogP contribution < -0.4 is 14.4 Å². The summed E-state index contributed by atoms with van der Waals surface area (Å²) in [7, 11) is 0. The highest BCUT2D eigenvalue weighted by Gasteiger charge is 2.52. The van der Waals surface area contributed by atoms with Crippen molar-refractivity contribution < 1.29 is 9.47 Å². The molecule has 1 aromatic heterocycles. The summed E-state index contributed by atoms with van der Waals surface area (Å²) in [4.78, 5) is 2.41. The molecule has 2 heterocycles. The van der Waals surface area contributed by atoms with Gasteiger partial charge in [0.15, 0.2) is 23.0 Å². The molecule has 0 saturated heterocycles. The van der Waals surface area contributed by atoms with Gasteiger partial charge in [0.1, 0.15) is 0 Å². The molecule has 0 fully saturated rings. The normalized spacial score (nSPS) is 13.3. The topological polar surface area (TPSA) is 21.7 Å². The van der Waals surface area contributed by atoms with E-state index in [4.69, 9.17) is 9.47 Å². The van der Waals surface area contributed by atoms with Crippen molar-refractivity contribution in [3.63, 3.8) is 0 Å². The molecule has 1 spiro atoms. The minimum Gasteiger partial charge on any atom is -0.449 e. The molecule has 0 amide bonds. The third-order valence-electron chi connectivity index (χ3n) is 13.7. The van der Waals surface area contributed by atoms with Gasteiger partial charge in [-0.05, 0) is 133 Å². The highest BCUT2D eigenvalue weighted by molar-refractivity contribution is 7.26. The Morgan fingerprint density at radius 2 is 0.892 bits per heavy atom. The van der Waals surface area contributed by atoms with Gasteiger partial charge in [-0.1, -0.05) is 158 Å². The SMILES string of the molecule is c1ccc(-c2cccc(N(c3ccc(-c4ccc5c(c4)Oc4cc6c(cc4O5)-c4ccccc4C64c5ccccc5-c5ccccc54)cc3)c3cccc4sc5ccccc5c34)c2)cc1. The quantitative estimate of drug-likeness (QED) is 0.172. The summed E-state index contributed by atoms with van der Waals surface area (Å²) in [6, 6.07) is 81.2. The van der Waals surface area contributed by atoms with Crippen molar-refractivity contribution in [2.45, 2.75) is 5.41 Å². The maximum atomic E-state index is 6.90. The molecule has 0 saturated carbocycles. The van der Waals surface area contributed by atoms with E-state index in [-0.39, 0.29) is 0 Å². The molecular weight excluding hydrogens is 811 g/mol. The lowest BCUT2D eigenvalue weighted by atomic mass is 9.70. The fourth-order valence-electron chi connectivity index (χ4n) is 11.0. The van der Waals surface area contributed by atoms with E-state index in [9.17, 15) is 0 Å². The van der Waals surface area contributed by atoms with Crippen LogP contribution in [0.1, 0.15) is 22.3 Å². The minimum atomic E-state index is -0.458. The van der Waals surface area contributed by atoms with Gasteiger partial charge in [-0.2, -0.15) is 0 Å². The van der Waals surface area contributed by atoms with Crippen LogP contribution in [0.5, 0.6) is 23.0 Å². The zero-order valence-electron chi connectivity index (χ0n) is 35.0. The number of ether oxygens (including phenoxy) is 2. The molecule has 1 aliphatic heterocycles. The molecular formula is C61H37NO2S. The van der Waals surface area contributed by atoms with Crippen LogP contribution in [0.4, 0.5) is 17.1 Å². The molecule has 0 atom stereocenters. The Kier molecular flexibility index (Phi) is 7.77. The molecule has 14 rings (SSSR count). The van der Waals surface area contributed by atoms with Crippen molar-refractivity contribution in [2.75, 3.05) is 4.90 Å². The first-order valence-corrected chi connectivity index (χ1v) is 23.0. The largest absolute Gasteiger partial charge is 0.449 e. The molecule has 0 N–H and O–H groups in total. The fraction of sp³-hybridized carbons (Fsp3) is 0.0164. The molecule has 3 aliphatic rings. The summed E-state index contributed by atoms with van der Waals surface area (Å²) in [5, 5.41) is 2.53. The van der Waals surface area contributed by atoms with Crippen LogP contribution in [0.15, 0.2) is 224 Å². The van der Waals surface area contributed by atoms with E-state index in [1.165, 1.54) is 75.8 Å². The molecule has 3 nitrogen and oxygen atoms in total. The van der Waals surface area contributed by atoms with Gasteiger partial charge in [-0.25, -0.2) is 0 Å². The van der Waals surface area contributed by atoms with Gasteiger partial charge in [0.2, 0.25) is 0 Å². The summed E-state index contributed by atoms with van der Waals surface area (Å²) < 4.78 is 16.2. The number of rotatable bonds is 5. The summed E-state index contributed by atoms with van der Waals surface area (Å²) in [6.07, 6.45) is 0. The first kappa shape index (κ1) is 36.3. The van der Waals surface area contributed by atoms with Gasteiger partial charge in [0.25, 0.3) is 0 Å². The van der Waals surface area contributed by atoms with Crippen molar-refractivity contribution in [2.24, 2.45) is 0 Å². The fourth-order valence-corrected chi connectivity index (χ4v) is 12.1. The van der Waals surface area contributed by atoms with Crippen LogP contribution in [-0.2, 0) is 5.41 Å². The molecule has 65 heavy (non-hydrogen) atoms. The Labute approximate surface area is 380 Å². The Morgan fingerprint density at radius 3 is 1.66 bits per heavy atom. The van der Waals surface area contributed by atoms with Crippen LogP contribution >= 0.6 is 11.3 Å². The Hall–Kier alpha value is -8.18. The average Bonchev–Trinajstić information content (AvgIpc) is 4.00. The lowest BCUT2D eigenvalue weighted by Crippen LogP contribution is -2.25. The summed E-state index contributed by atoms with van der Waals surface area (Å²) >= 11 is 1.84. The lowest BCUT2D eigenvalue weighted by molar-refractivity contribution is 0.359. The van der Waals surface area contributed by atoms with Crippen LogP contribution in [0.2, 0.25) is 0 Å². The molecule has 2 aliphatic carbocycles. The van der Waals surface area contributed by atoms with Crippen molar-refractivity contribution in [1.29, 1.82) is 0 Å². The van der Waals surface area contributed by atoms with Gasteiger partial charge in [0.05, 0.1) is 11.1 Å². The van der Waals surface area contributed by atoms with E-state index < -0.39 is 5.41 Å². The van der Waals surface area contributed by atoms with Gasteiger partial charge in [0, 0.05) is 31.5 Å². The van der Waals surface area contributed by atoms with Crippen molar-refractivity contribution in [3.05, 3.63) is 247 Å². The summed E-state index contributed by atoms with van der Waals surface area (Å²) in [6.45, 7) is 0. The zero-order chi connectivity index (χ0) is 42.6. The zero-order valence-corrected chi connectivity index (χ0v) is 35.9. The monoisotopic (exact) mass is 847 g/mol. The number of thiophene rings is 1. The molecule has 10 aromatic carbocycles. The first-order chi connectivity index (χ1) is 32.2. The molecule has 4 heteroatoms. The second-order valence-corrected chi connectivity index (χ2v) is 18.2. The van der Waals surface area contributed by atoms with E-state index in [1.807, 2.05) is 17.4 Å². The van der Waals surface area contributed by atoms with Gasteiger partial charge < -0.3 is 14.4 Å². The predicted octanol–water partition coefficient (Wildman–Crippen LogP) is 17.1. The number of hydrogen-bond donors (Lipinski definition) is 0. The highest BCUT2D eigenvalue weighted by atomic mass is 32.1. The number of hydrogen-bond acceptors (Lipinski definition) is 4. The molecule has 0 radical (unpaired) electrons. The van der Waals surface area contributed by atoms with E-state index in [0.29, 0.717) is 11.5 Å². The maximum absolute atomic E-state index is 6.90. The third-order valence-corrected chi connectivity index (χ3v) is 14.9. The standard InChI is InChI=1S/C61H37NO2S/c1-2-14-38(15-3-1)40-16-12-17-43(34-40)62(53-25-13-27-59-60(53)47-21-7-11-26-58(47)65-59)42-31-28-39(29-32-42)41-30-33-54-55(35-41)64-57-37-52-48(36-56(57)63-54)46-20-6-10-24-51(46)61(52)49-22-8-4-18-44(49)45-19-5-9-23-50(45)61/h1-37H. The lowest BCUT2D eigenvalue weighted by Gasteiger charge is -2.31. The van der Waals surface area contributed by atoms with E-state index >= 15 is 0 Å². The Bertz CT molecular complexity index is 3690. The third kappa shape index (κ3) is 5.29. The van der Waals surface area contributed by atoms with Gasteiger partial charge >= 0.3 is 0 Å². The second-order valence-electron chi connectivity index (χ2n) is 17.1. The molecule has 11 aromatic rings. The van der Waals surface area contributed by atoms with Crippen LogP contribution in [0, 0.1) is 0 Å². The summed E-state index contributed by atoms with van der Waals surface area (Å²) in [5.41, 5.74) is 17.5. The van der Waals surface area contributed by atoms with Crippen LogP contribution in [0.3, 0.4) is 0 Å². The van der Waals surface area contributed by atoms with E-state index in [0.717, 1.165) is 39.7 Å². The smallest absolute Gasteiger partial charge is 0.170 e. The van der Waals surface area contributed by atoms with E-state index in [2.05, 4.69) is 223 Å². The summed E-state index contributed by atoms with van der Waals surface area (Å²) in [5.74, 6) is 2.85. The van der Waals surface area contributed by atoms with Crippen molar-refractivity contribution in [3.8, 4) is 67.5 Å². The maximum Gasteiger partial charge on any atom is 0.170 e.